The van der Waals surface area contributed by atoms with Crippen LogP contribution >= 0.6 is 23.2 Å². The molecule has 6 heteroatoms. The average molecular weight is 405 g/mol. The summed E-state index contributed by atoms with van der Waals surface area (Å²) < 4.78 is 5.78. The molecule has 142 valence electrons. The van der Waals surface area contributed by atoms with Gasteiger partial charge in [0.05, 0.1) is 18.3 Å². The Kier molecular flexibility index (Phi) is 6.30. The molecule has 0 fully saturated rings. The fourth-order valence-corrected chi connectivity index (χ4v) is 3.45. The van der Waals surface area contributed by atoms with Crippen LogP contribution in [0.25, 0.3) is 6.08 Å². The number of fused-ring (bicyclic) bond motifs is 1. The number of hydrogen-bond donors (Lipinski definition) is 1. The maximum Gasteiger partial charge on any atom is 0.244 e. The zero-order valence-corrected chi connectivity index (χ0v) is 16.8. The van der Waals surface area contributed by atoms with Crippen LogP contribution in [0.5, 0.6) is 5.75 Å². The normalized spacial score (nSPS) is 15.0. The van der Waals surface area contributed by atoms with E-state index in [9.17, 15) is 4.79 Å². The first-order valence-corrected chi connectivity index (χ1v) is 9.61. The van der Waals surface area contributed by atoms with E-state index < -0.39 is 0 Å². The fourth-order valence-electron chi connectivity index (χ4n) is 2.98. The highest BCUT2D eigenvalue weighted by Crippen LogP contribution is 2.32. The number of carbonyl (C=O) groups is 1. The third-order valence-electron chi connectivity index (χ3n) is 4.53. The third kappa shape index (κ3) is 4.96. The Balaban J connectivity index is 1.68. The topological polar surface area (TPSA) is 41.6 Å². The molecule has 0 saturated heterocycles. The fraction of sp³-hybridized carbons (Fsp3) is 0.286. The van der Waals surface area contributed by atoms with Crippen LogP contribution in [0.2, 0.25) is 10.0 Å². The van der Waals surface area contributed by atoms with E-state index in [2.05, 4.69) is 23.3 Å². The Labute approximate surface area is 169 Å². The standard InChI is InChI=1S/C21H22Cl2N2O2/c1-14(16-5-8-20-19(12-16)25(2)10-3-11-27-20)24-21(26)9-6-15-4-7-17(22)13-18(15)23/h4-9,12-14H,3,10-11H2,1-2H3,(H,24,26)/b9-6+. The summed E-state index contributed by atoms with van der Waals surface area (Å²) in [5.74, 6) is 0.697. The zero-order valence-electron chi connectivity index (χ0n) is 15.3. The summed E-state index contributed by atoms with van der Waals surface area (Å²) in [7, 11) is 2.05. The highest BCUT2D eigenvalue weighted by atomic mass is 35.5. The molecule has 1 N–H and O–H groups in total. The van der Waals surface area contributed by atoms with Gasteiger partial charge in [0.15, 0.2) is 0 Å². The molecule has 4 nitrogen and oxygen atoms in total. The lowest BCUT2D eigenvalue weighted by Crippen LogP contribution is -2.25. The number of rotatable bonds is 4. The first-order chi connectivity index (χ1) is 12.9. The van der Waals surface area contributed by atoms with Crippen molar-refractivity contribution in [2.45, 2.75) is 19.4 Å². The molecule has 0 spiro atoms. The quantitative estimate of drug-likeness (QED) is 0.720. The molecule has 27 heavy (non-hydrogen) atoms. The summed E-state index contributed by atoms with van der Waals surface area (Å²) >= 11 is 12.0. The van der Waals surface area contributed by atoms with Gasteiger partial charge in [-0.05, 0) is 54.8 Å². The molecule has 1 aliphatic rings. The summed E-state index contributed by atoms with van der Waals surface area (Å²) in [5.41, 5.74) is 2.82. The van der Waals surface area contributed by atoms with Crippen molar-refractivity contribution in [3.05, 3.63) is 63.6 Å². The molecular formula is C21H22Cl2N2O2. The number of amides is 1. The van der Waals surface area contributed by atoms with E-state index in [1.807, 2.05) is 19.1 Å². The number of hydrogen-bond acceptors (Lipinski definition) is 3. The van der Waals surface area contributed by atoms with Gasteiger partial charge in [0.25, 0.3) is 0 Å². The molecule has 3 rings (SSSR count). The van der Waals surface area contributed by atoms with Gasteiger partial charge < -0.3 is 15.0 Å². The van der Waals surface area contributed by atoms with Crippen molar-refractivity contribution in [3.8, 4) is 5.75 Å². The summed E-state index contributed by atoms with van der Waals surface area (Å²) in [6.45, 7) is 3.63. The van der Waals surface area contributed by atoms with Crippen molar-refractivity contribution in [3.63, 3.8) is 0 Å². The molecule has 0 bridgehead atoms. The maximum absolute atomic E-state index is 12.3. The molecule has 1 aliphatic heterocycles. The minimum Gasteiger partial charge on any atom is -0.491 e. The maximum atomic E-state index is 12.3. The molecule has 1 atom stereocenters. The van der Waals surface area contributed by atoms with Crippen LogP contribution in [0.3, 0.4) is 0 Å². The monoisotopic (exact) mass is 404 g/mol. The SMILES string of the molecule is CC(NC(=O)/C=C/c1ccc(Cl)cc1Cl)c1ccc2c(c1)N(C)CCCO2. The van der Waals surface area contributed by atoms with Crippen LogP contribution in [-0.2, 0) is 4.79 Å². The number of carbonyl (C=O) groups excluding carboxylic acids is 1. The number of ether oxygens (including phenoxy) is 1. The lowest BCUT2D eigenvalue weighted by Gasteiger charge is -2.21. The van der Waals surface area contributed by atoms with E-state index in [-0.39, 0.29) is 11.9 Å². The van der Waals surface area contributed by atoms with Crippen molar-refractivity contribution >= 4 is 40.9 Å². The van der Waals surface area contributed by atoms with Crippen molar-refractivity contribution in [2.24, 2.45) is 0 Å². The van der Waals surface area contributed by atoms with Gasteiger partial charge in [-0.25, -0.2) is 0 Å². The predicted octanol–water partition coefficient (Wildman–Crippen LogP) is 5.10. The summed E-state index contributed by atoms with van der Waals surface area (Å²) in [6, 6.07) is 11.1. The summed E-state index contributed by atoms with van der Waals surface area (Å²) in [4.78, 5) is 14.5. The van der Waals surface area contributed by atoms with Crippen molar-refractivity contribution in [1.82, 2.24) is 5.32 Å². The predicted molar refractivity (Wildman–Crippen MR) is 112 cm³/mol. The van der Waals surface area contributed by atoms with Crippen molar-refractivity contribution < 1.29 is 9.53 Å². The Hall–Kier alpha value is -2.17. The molecule has 0 radical (unpaired) electrons. The van der Waals surface area contributed by atoms with Crippen molar-refractivity contribution in [2.75, 3.05) is 25.1 Å². The molecule has 0 aromatic heterocycles. The van der Waals surface area contributed by atoms with Gasteiger partial charge in [0, 0.05) is 29.7 Å². The zero-order chi connectivity index (χ0) is 19.4. The van der Waals surface area contributed by atoms with Crippen LogP contribution in [0.15, 0.2) is 42.5 Å². The number of anilines is 1. The van der Waals surface area contributed by atoms with E-state index >= 15 is 0 Å². The molecule has 1 unspecified atom stereocenters. The van der Waals surface area contributed by atoms with E-state index in [0.29, 0.717) is 10.0 Å². The van der Waals surface area contributed by atoms with E-state index in [1.165, 1.54) is 6.08 Å². The lowest BCUT2D eigenvalue weighted by atomic mass is 10.1. The molecule has 2 aromatic rings. The lowest BCUT2D eigenvalue weighted by molar-refractivity contribution is -0.117. The number of nitrogens with zero attached hydrogens (tertiary/aromatic N) is 1. The van der Waals surface area contributed by atoms with Crippen LogP contribution in [0, 0.1) is 0 Å². The van der Waals surface area contributed by atoms with Gasteiger partial charge in [0.1, 0.15) is 5.75 Å². The highest BCUT2D eigenvalue weighted by Gasteiger charge is 2.16. The van der Waals surface area contributed by atoms with Gasteiger partial charge in [-0.15, -0.1) is 0 Å². The van der Waals surface area contributed by atoms with Gasteiger partial charge in [0.2, 0.25) is 5.91 Å². The first-order valence-electron chi connectivity index (χ1n) is 8.85. The van der Waals surface area contributed by atoms with Crippen LogP contribution < -0.4 is 15.0 Å². The van der Waals surface area contributed by atoms with Crippen LogP contribution in [0.1, 0.15) is 30.5 Å². The minimum atomic E-state index is -0.187. The first kappa shape index (κ1) is 19.6. The molecule has 0 aliphatic carbocycles. The Morgan fingerprint density at radius 2 is 2.07 bits per heavy atom. The Morgan fingerprint density at radius 3 is 2.85 bits per heavy atom. The van der Waals surface area contributed by atoms with Gasteiger partial charge in [-0.1, -0.05) is 35.3 Å². The van der Waals surface area contributed by atoms with E-state index in [0.717, 1.165) is 42.1 Å². The second kappa shape index (κ2) is 8.68. The molecule has 0 saturated carbocycles. The molecule has 1 amide bonds. The van der Waals surface area contributed by atoms with E-state index in [1.54, 1.807) is 24.3 Å². The Bertz CT molecular complexity index is 867. The number of halogens is 2. The average Bonchev–Trinajstić information content (AvgIpc) is 2.82. The highest BCUT2D eigenvalue weighted by molar-refractivity contribution is 6.35. The van der Waals surface area contributed by atoms with Crippen LogP contribution in [-0.4, -0.2) is 26.1 Å². The molecule has 2 aromatic carbocycles. The Morgan fingerprint density at radius 1 is 1.26 bits per heavy atom. The third-order valence-corrected chi connectivity index (χ3v) is 5.09. The van der Waals surface area contributed by atoms with Gasteiger partial charge in [-0.2, -0.15) is 0 Å². The largest absolute Gasteiger partial charge is 0.491 e. The van der Waals surface area contributed by atoms with Crippen molar-refractivity contribution in [1.29, 1.82) is 0 Å². The summed E-state index contributed by atoms with van der Waals surface area (Å²) in [5, 5.41) is 4.05. The van der Waals surface area contributed by atoms with Crippen LogP contribution in [0.4, 0.5) is 5.69 Å². The smallest absolute Gasteiger partial charge is 0.244 e. The second-order valence-electron chi connectivity index (χ2n) is 6.58. The van der Waals surface area contributed by atoms with E-state index in [4.69, 9.17) is 27.9 Å². The number of benzene rings is 2. The molecule has 1 heterocycles. The van der Waals surface area contributed by atoms with Gasteiger partial charge >= 0.3 is 0 Å². The summed E-state index contributed by atoms with van der Waals surface area (Å²) in [6.07, 6.45) is 4.15. The van der Waals surface area contributed by atoms with Gasteiger partial charge in [-0.3, -0.25) is 4.79 Å². The molecular weight excluding hydrogens is 383 g/mol. The second-order valence-corrected chi connectivity index (χ2v) is 7.42. The number of nitrogens with one attached hydrogen (secondary N) is 1. The minimum absolute atomic E-state index is 0.134.